The molecule has 1 saturated carbocycles. The highest BCUT2D eigenvalue weighted by Crippen LogP contribution is 2.27. The lowest BCUT2D eigenvalue weighted by atomic mass is 10.1. The third-order valence-electron chi connectivity index (χ3n) is 4.13. The lowest BCUT2D eigenvalue weighted by molar-refractivity contribution is -0.123. The van der Waals surface area contributed by atoms with Crippen LogP contribution in [0.1, 0.15) is 24.4 Å². The molecular weight excluding hydrogens is 327 g/mol. The van der Waals surface area contributed by atoms with Gasteiger partial charge in [-0.05, 0) is 42.7 Å². The molecule has 0 bridgehead atoms. The number of halogens is 1. The van der Waals surface area contributed by atoms with Gasteiger partial charge in [-0.15, -0.1) is 0 Å². The Bertz CT molecular complexity index is 957. The van der Waals surface area contributed by atoms with E-state index in [0.717, 1.165) is 28.9 Å². The molecule has 1 fully saturated rings. The maximum absolute atomic E-state index is 13.3. The van der Waals surface area contributed by atoms with Gasteiger partial charge in [-0.3, -0.25) is 14.2 Å². The van der Waals surface area contributed by atoms with Crippen LogP contribution in [0.4, 0.5) is 4.39 Å². The second-order valence-corrected chi connectivity index (χ2v) is 6.94. The van der Waals surface area contributed by atoms with E-state index in [9.17, 15) is 14.0 Å². The molecule has 0 aliphatic heterocycles. The van der Waals surface area contributed by atoms with E-state index in [1.54, 1.807) is 12.1 Å². The van der Waals surface area contributed by atoms with Crippen molar-refractivity contribution in [3.63, 3.8) is 0 Å². The highest BCUT2D eigenvalue weighted by atomic mass is 32.1. The summed E-state index contributed by atoms with van der Waals surface area (Å²) < 4.78 is 15.6. The predicted octanol–water partition coefficient (Wildman–Crippen LogP) is 3.07. The Morgan fingerprint density at radius 3 is 2.58 bits per heavy atom. The monoisotopic (exact) mass is 342 g/mol. The van der Waals surface area contributed by atoms with Crippen LogP contribution in [0.25, 0.3) is 10.2 Å². The van der Waals surface area contributed by atoms with Crippen LogP contribution in [0.3, 0.4) is 0 Å². The van der Waals surface area contributed by atoms with Crippen LogP contribution in [-0.4, -0.2) is 16.5 Å². The summed E-state index contributed by atoms with van der Waals surface area (Å²) in [5.74, 6) is -0.600. The zero-order chi connectivity index (χ0) is 16.7. The highest BCUT2D eigenvalue weighted by Gasteiger charge is 2.31. The van der Waals surface area contributed by atoms with Crippen molar-refractivity contribution in [2.75, 3.05) is 0 Å². The number of amides is 1. The first-order valence-electron chi connectivity index (χ1n) is 7.79. The van der Waals surface area contributed by atoms with Crippen LogP contribution in [0.15, 0.2) is 53.3 Å². The van der Waals surface area contributed by atoms with E-state index in [1.807, 2.05) is 24.3 Å². The smallest absolute Gasteiger partial charge is 0.309 e. The summed E-state index contributed by atoms with van der Waals surface area (Å²) in [4.78, 5) is 25.2. The molecule has 1 N–H and O–H groups in total. The summed E-state index contributed by atoms with van der Waals surface area (Å²) in [6.45, 7) is 0. The molecule has 0 saturated heterocycles. The van der Waals surface area contributed by atoms with Crippen LogP contribution < -0.4 is 10.2 Å². The van der Waals surface area contributed by atoms with E-state index < -0.39 is 6.04 Å². The van der Waals surface area contributed by atoms with E-state index in [-0.39, 0.29) is 22.6 Å². The number of fused-ring (bicyclic) bond motifs is 1. The van der Waals surface area contributed by atoms with Gasteiger partial charge < -0.3 is 5.32 Å². The third kappa shape index (κ3) is 2.73. The fraction of sp³-hybridized carbons (Fsp3) is 0.222. The van der Waals surface area contributed by atoms with Crippen LogP contribution in [0.2, 0.25) is 0 Å². The number of aromatic nitrogens is 1. The Hall–Kier alpha value is -2.47. The number of benzene rings is 2. The molecule has 24 heavy (non-hydrogen) atoms. The van der Waals surface area contributed by atoms with Gasteiger partial charge in [-0.25, -0.2) is 4.39 Å². The molecule has 1 aliphatic rings. The zero-order valence-electron chi connectivity index (χ0n) is 12.7. The van der Waals surface area contributed by atoms with Gasteiger partial charge in [0.25, 0.3) is 0 Å². The van der Waals surface area contributed by atoms with Gasteiger partial charge in [-0.1, -0.05) is 35.6 Å². The minimum Gasteiger partial charge on any atom is -0.351 e. The fourth-order valence-corrected chi connectivity index (χ4v) is 3.71. The number of hydrogen-bond acceptors (Lipinski definition) is 3. The lowest BCUT2D eigenvalue weighted by Gasteiger charge is -2.19. The van der Waals surface area contributed by atoms with Crippen molar-refractivity contribution in [2.24, 2.45) is 0 Å². The second-order valence-electron chi connectivity index (χ2n) is 5.94. The largest absolute Gasteiger partial charge is 0.351 e. The van der Waals surface area contributed by atoms with Gasteiger partial charge in [-0.2, -0.15) is 0 Å². The van der Waals surface area contributed by atoms with Crippen molar-refractivity contribution >= 4 is 27.5 Å². The quantitative estimate of drug-likeness (QED) is 0.792. The Kier molecular flexibility index (Phi) is 3.69. The van der Waals surface area contributed by atoms with Crippen molar-refractivity contribution in [3.05, 3.63) is 69.6 Å². The molecule has 4 rings (SSSR count). The normalized spacial score (nSPS) is 15.4. The molecule has 1 aromatic heterocycles. The summed E-state index contributed by atoms with van der Waals surface area (Å²) in [5.41, 5.74) is 1.31. The first kappa shape index (κ1) is 15.1. The van der Waals surface area contributed by atoms with Gasteiger partial charge in [0.2, 0.25) is 5.91 Å². The number of para-hydroxylation sites is 1. The Labute approximate surface area is 141 Å². The number of hydrogen-bond donors (Lipinski definition) is 1. The van der Waals surface area contributed by atoms with Gasteiger partial charge in [0.15, 0.2) is 0 Å². The summed E-state index contributed by atoms with van der Waals surface area (Å²) in [7, 11) is 0. The van der Waals surface area contributed by atoms with Gasteiger partial charge in [0.1, 0.15) is 11.9 Å². The molecule has 1 atom stereocenters. The number of rotatable bonds is 4. The van der Waals surface area contributed by atoms with Crippen LogP contribution in [-0.2, 0) is 4.79 Å². The maximum atomic E-state index is 13.3. The molecule has 1 amide bonds. The van der Waals surface area contributed by atoms with E-state index in [4.69, 9.17) is 0 Å². The van der Waals surface area contributed by atoms with E-state index in [1.165, 1.54) is 16.7 Å². The number of carbonyl (C=O) groups excluding carboxylic acids is 1. The number of nitrogens with one attached hydrogen (secondary N) is 1. The first-order valence-corrected chi connectivity index (χ1v) is 8.61. The molecule has 0 radical (unpaired) electrons. The van der Waals surface area contributed by atoms with E-state index >= 15 is 0 Å². The Morgan fingerprint density at radius 1 is 1.17 bits per heavy atom. The van der Waals surface area contributed by atoms with Crippen LogP contribution in [0, 0.1) is 5.82 Å². The van der Waals surface area contributed by atoms with Gasteiger partial charge in [0, 0.05) is 6.04 Å². The Morgan fingerprint density at radius 2 is 1.88 bits per heavy atom. The second kappa shape index (κ2) is 5.87. The summed E-state index contributed by atoms with van der Waals surface area (Å²) >= 11 is 1.11. The first-order chi connectivity index (χ1) is 11.6. The lowest BCUT2D eigenvalue weighted by Crippen LogP contribution is -2.37. The molecule has 6 heteroatoms. The maximum Gasteiger partial charge on any atom is 0.309 e. The van der Waals surface area contributed by atoms with Crippen molar-refractivity contribution < 1.29 is 9.18 Å². The predicted molar refractivity (Wildman–Crippen MR) is 91.8 cm³/mol. The average Bonchev–Trinajstić information content (AvgIpc) is 3.32. The van der Waals surface area contributed by atoms with Crippen molar-refractivity contribution in [1.82, 2.24) is 9.88 Å². The minimum atomic E-state index is -0.796. The number of nitrogens with zero attached hydrogens (tertiary/aromatic N) is 1. The summed E-state index contributed by atoms with van der Waals surface area (Å²) in [5, 5.41) is 2.96. The molecule has 1 heterocycles. The van der Waals surface area contributed by atoms with Crippen LogP contribution >= 0.6 is 11.3 Å². The topological polar surface area (TPSA) is 51.1 Å². The summed E-state index contributed by atoms with van der Waals surface area (Å²) in [6, 6.07) is 12.5. The van der Waals surface area contributed by atoms with Crippen molar-refractivity contribution in [3.8, 4) is 0 Å². The highest BCUT2D eigenvalue weighted by molar-refractivity contribution is 7.16. The molecule has 4 nitrogen and oxygen atoms in total. The molecular formula is C18H15FN2O2S. The fourth-order valence-electron chi connectivity index (χ4n) is 2.80. The molecule has 3 aromatic rings. The standard InChI is InChI=1S/C18H15FN2O2S/c19-12-7-5-11(6-8-12)16(17(22)20-13-9-10-13)21-14-3-1-2-4-15(14)24-18(21)23/h1-8,13,16H,9-10H2,(H,20,22)/t16-/m1/s1. The molecule has 2 aromatic carbocycles. The third-order valence-corrected chi connectivity index (χ3v) is 5.07. The Balaban J connectivity index is 1.87. The molecule has 1 aliphatic carbocycles. The molecule has 122 valence electrons. The molecule has 0 spiro atoms. The SMILES string of the molecule is O=C(NC1CC1)[C@@H](c1ccc(F)cc1)n1c(=O)sc2ccccc21. The van der Waals surface area contributed by atoms with Crippen molar-refractivity contribution in [2.45, 2.75) is 24.9 Å². The average molecular weight is 342 g/mol. The van der Waals surface area contributed by atoms with Gasteiger partial charge in [0.05, 0.1) is 10.2 Å². The zero-order valence-corrected chi connectivity index (χ0v) is 13.6. The number of thiazole rings is 1. The van der Waals surface area contributed by atoms with Gasteiger partial charge >= 0.3 is 4.87 Å². The van der Waals surface area contributed by atoms with Crippen LogP contribution in [0.5, 0.6) is 0 Å². The van der Waals surface area contributed by atoms with E-state index in [2.05, 4.69) is 5.32 Å². The summed E-state index contributed by atoms with van der Waals surface area (Å²) in [6.07, 6.45) is 1.92. The number of carbonyl (C=O) groups is 1. The van der Waals surface area contributed by atoms with E-state index in [0.29, 0.717) is 11.1 Å². The molecule has 0 unspecified atom stereocenters. The minimum absolute atomic E-state index is 0.182. The van der Waals surface area contributed by atoms with Crippen molar-refractivity contribution in [1.29, 1.82) is 0 Å².